The van der Waals surface area contributed by atoms with Crippen molar-refractivity contribution in [2.24, 2.45) is 0 Å². The fraction of sp³-hybridized carbons (Fsp3) is 0. The van der Waals surface area contributed by atoms with Crippen LogP contribution in [0.15, 0.2) is 59.8 Å². The summed E-state index contributed by atoms with van der Waals surface area (Å²) >= 11 is 0. The Morgan fingerprint density at radius 3 is 2.67 bits per heavy atom. The first-order valence-electron chi connectivity index (χ1n) is 7.25. The molecule has 24 heavy (non-hydrogen) atoms. The fourth-order valence-electron chi connectivity index (χ4n) is 2.57. The maximum Gasteiger partial charge on any atom is 0.259 e. The molecule has 4 aromatic rings. The van der Waals surface area contributed by atoms with Gasteiger partial charge in [0.2, 0.25) is 0 Å². The number of hydrogen-bond acceptors (Lipinski definition) is 3. The number of aromatic nitrogens is 4. The van der Waals surface area contributed by atoms with Crippen LogP contribution in [0.1, 0.15) is 0 Å². The molecule has 0 saturated carbocycles. The van der Waals surface area contributed by atoms with Crippen LogP contribution in [-0.4, -0.2) is 19.9 Å². The van der Waals surface area contributed by atoms with Gasteiger partial charge in [-0.25, -0.2) is 9.83 Å². The summed E-state index contributed by atoms with van der Waals surface area (Å²) in [6, 6.07) is 10.7. The summed E-state index contributed by atoms with van der Waals surface area (Å²) in [7, 11) is 0. The van der Waals surface area contributed by atoms with Gasteiger partial charge in [0.1, 0.15) is 5.82 Å². The normalized spacial score (nSPS) is 10.6. The van der Waals surface area contributed by atoms with Crippen molar-refractivity contribution in [1.82, 2.24) is 19.9 Å². The molecule has 0 aliphatic carbocycles. The maximum absolute atomic E-state index is 12.2. The van der Waals surface area contributed by atoms with Crippen LogP contribution in [0.5, 0.6) is 0 Å². The number of pyridine rings is 2. The van der Waals surface area contributed by atoms with Gasteiger partial charge in [0.05, 0.1) is 23.2 Å². The molecule has 0 aliphatic rings. The van der Waals surface area contributed by atoms with Crippen molar-refractivity contribution in [3.63, 3.8) is 0 Å². The highest BCUT2D eigenvalue weighted by molar-refractivity contribution is 5.83. The summed E-state index contributed by atoms with van der Waals surface area (Å²) in [5.41, 5.74) is 4.01. The van der Waals surface area contributed by atoms with E-state index in [1.54, 1.807) is 42.9 Å². The van der Waals surface area contributed by atoms with Crippen LogP contribution in [0.4, 0.5) is 5.69 Å². The van der Waals surface area contributed by atoms with E-state index in [4.69, 9.17) is 6.57 Å². The molecule has 1 aromatic carbocycles. The van der Waals surface area contributed by atoms with Crippen LogP contribution in [0.3, 0.4) is 0 Å². The van der Waals surface area contributed by atoms with Crippen molar-refractivity contribution in [2.45, 2.75) is 0 Å². The third-order valence-corrected chi connectivity index (χ3v) is 3.77. The quantitative estimate of drug-likeness (QED) is 0.556. The number of benzene rings is 1. The van der Waals surface area contributed by atoms with Crippen LogP contribution >= 0.6 is 0 Å². The first-order chi connectivity index (χ1) is 11.7. The molecule has 0 fully saturated rings. The Bertz CT molecular complexity index is 1140. The fourth-order valence-corrected chi connectivity index (χ4v) is 2.57. The summed E-state index contributed by atoms with van der Waals surface area (Å²) in [5, 5.41) is 0. The lowest BCUT2D eigenvalue weighted by Crippen LogP contribution is -2.09. The molecule has 6 heteroatoms. The van der Waals surface area contributed by atoms with E-state index in [1.807, 2.05) is 12.1 Å². The summed E-state index contributed by atoms with van der Waals surface area (Å²) < 4.78 is 0. The van der Waals surface area contributed by atoms with Crippen molar-refractivity contribution in [2.75, 3.05) is 0 Å². The minimum atomic E-state index is -0.225. The van der Waals surface area contributed by atoms with E-state index in [1.165, 1.54) is 0 Å². The molecule has 3 aromatic heterocycles. The molecular formula is C18H11N5O. The second kappa shape index (κ2) is 5.48. The Hall–Kier alpha value is -3.72. The van der Waals surface area contributed by atoms with Gasteiger partial charge in [0, 0.05) is 18.6 Å². The number of rotatable bonds is 2. The van der Waals surface area contributed by atoms with E-state index >= 15 is 0 Å². The van der Waals surface area contributed by atoms with Crippen LogP contribution in [0, 0.1) is 6.57 Å². The second-order valence-electron chi connectivity index (χ2n) is 5.27. The molecule has 0 spiro atoms. The summed E-state index contributed by atoms with van der Waals surface area (Å²) in [5.74, 6) is 0.476. The zero-order chi connectivity index (χ0) is 16.5. The predicted octanol–water partition coefficient (Wildman–Crippen LogP) is 3.53. The largest absolute Gasteiger partial charge is 0.339 e. The van der Waals surface area contributed by atoms with Gasteiger partial charge >= 0.3 is 0 Å². The molecule has 3 heterocycles. The Labute approximate surface area is 136 Å². The van der Waals surface area contributed by atoms with Crippen molar-refractivity contribution in [3.8, 4) is 22.5 Å². The number of H-pyrrole nitrogens is 2. The Morgan fingerprint density at radius 1 is 1.04 bits per heavy atom. The highest BCUT2D eigenvalue weighted by atomic mass is 16.1. The number of nitrogens with zero attached hydrogens (tertiary/aromatic N) is 3. The summed E-state index contributed by atoms with van der Waals surface area (Å²) in [4.78, 5) is 30.0. The molecule has 0 aliphatic heterocycles. The molecule has 2 N–H and O–H groups in total. The number of fused-ring (bicyclic) bond motifs is 1. The van der Waals surface area contributed by atoms with Crippen LogP contribution in [0.2, 0.25) is 0 Å². The Morgan fingerprint density at radius 2 is 1.88 bits per heavy atom. The lowest BCUT2D eigenvalue weighted by molar-refractivity contribution is 1.21. The maximum atomic E-state index is 12.2. The number of aromatic amines is 2. The van der Waals surface area contributed by atoms with Gasteiger partial charge < -0.3 is 9.97 Å². The molecule has 0 unspecified atom stereocenters. The number of imidazole rings is 1. The van der Waals surface area contributed by atoms with Crippen molar-refractivity contribution < 1.29 is 0 Å². The highest BCUT2D eigenvalue weighted by Crippen LogP contribution is 2.25. The predicted molar refractivity (Wildman–Crippen MR) is 91.6 cm³/mol. The van der Waals surface area contributed by atoms with Gasteiger partial charge in [-0.15, -0.1) is 0 Å². The lowest BCUT2D eigenvalue weighted by atomic mass is 10.1. The van der Waals surface area contributed by atoms with Crippen LogP contribution in [0.25, 0.3) is 38.4 Å². The minimum Gasteiger partial charge on any atom is -0.339 e. The third kappa shape index (κ3) is 2.34. The van der Waals surface area contributed by atoms with Gasteiger partial charge in [0.25, 0.3) is 5.56 Å². The van der Waals surface area contributed by atoms with Gasteiger partial charge in [-0.2, -0.15) is 0 Å². The number of hydrogen-bond donors (Lipinski definition) is 2. The second-order valence-corrected chi connectivity index (χ2v) is 5.27. The van der Waals surface area contributed by atoms with Crippen LogP contribution in [-0.2, 0) is 0 Å². The molecule has 6 nitrogen and oxygen atoms in total. The minimum absolute atomic E-state index is 0.225. The first kappa shape index (κ1) is 13.9. The number of nitrogens with one attached hydrogen (secondary N) is 2. The van der Waals surface area contributed by atoms with E-state index < -0.39 is 0 Å². The molecule has 0 radical (unpaired) electrons. The SMILES string of the molecule is [C-]#[N+]c1ccc2nc(-c3cc(-c4ccncc4)c[nH]c3=O)[nH]c2c1. The van der Waals surface area contributed by atoms with Crippen LogP contribution < -0.4 is 5.56 Å². The molecule has 0 saturated heterocycles. The average Bonchev–Trinajstić information content (AvgIpc) is 3.05. The van der Waals surface area contributed by atoms with E-state index in [0.29, 0.717) is 22.6 Å². The standard InChI is InChI=1S/C18H11N5O/c1-19-13-2-3-15-16(9-13)23-17(22-15)14-8-12(10-21-18(14)24)11-4-6-20-7-5-11/h2-10H,(H,21,24)(H,22,23). The zero-order valence-electron chi connectivity index (χ0n) is 12.4. The van der Waals surface area contributed by atoms with Gasteiger partial charge in [-0.3, -0.25) is 9.78 Å². The van der Waals surface area contributed by atoms with Crippen molar-refractivity contribution >= 4 is 16.7 Å². The van der Waals surface area contributed by atoms with Gasteiger partial charge in [0.15, 0.2) is 5.69 Å². The zero-order valence-corrected chi connectivity index (χ0v) is 12.4. The van der Waals surface area contributed by atoms with E-state index in [9.17, 15) is 4.79 Å². The molecule has 0 amide bonds. The molecule has 0 atom stereocenters. The molecular weight excluding hydrogens is 302 g/mol. The lowest BCUT2D eigenvalue weighted by Gasteiger charge is -2.02. The van der Waals surface area contributed by atoms with Crippen molar-refractivity contribution in [3.05, 3.63) is 76.8 Å². The molecule has 0 bridgehead atoms. The van der Waals surface area contributed by atoms with Gasteiger partial charge in [-0.1, -0.05) is 6.07 Å². The first-order valence-corrected chi connectivity index (χ1v) is 7.25. The van der Waals surface area contributed by atoms with Gasteiger partial charge in [-0.05, 0) is 41.5 Å². The third-order valence-electron chi connectivity index (χ3n) is 3.77. The monoisotopic (exact) mass is 313 g/mol. The highest BCUT2D eigenvalue weighted by Gasteiger charge is 2.11. The summed E-state index contributed by atoms with van der Waals surface area (Å²) in [6.07, 6.45) is 5.07. The molecule has 4 rings (SSSR count). The average molecular weight is 313 g/mol. The Balaban J connectivity index is 1.87. The Kier molecular flexibility index (Phi) is 3.18. The molecule has 114 valence electrons. The summed E-state index contributed by atoms with van der Waals surface area (Å²) in [6.45, 7) is 7.08. The van der Waals surface area contributed by atoms with Crippen molar-refractivity contribution in [1.29, 1.82) is 0 Å². The topological polar surface area (TPSA) is 78.8 Å². The van der Waals surface area contributed by atoms with E-state index in [2.05, 4.69) is 24.8 Å². The smallest absolute Gasteiger partial charge is 0.259 e. The van der Waals surface area contributed by atoms with E-state index in [0.717, 1.165) is 16.6 Å². The van der Waals surface area contributed by atoms with E-state index in [-0.39, 0.29) is 5.56 Å².